The molecule has 0 saturated heterocycles. The second-order valence-corrected chi connectivity index (χ2v) is 7.08. The number of amides is 2. The number of nitrogens with zero attached hydrogens (tertiary/aromatic N) is 1. The first kappa shape index (κ1) is 18.5. The normalized spacial score (nSPS) is 13.1. The summed E-state index contributed by atoms with van der Waals surface area (Å²) in [6, 6.07) is 23.7. The first-order valence-electron chi connectivity index (χ1n) is 9.35. The fourth-order valence-corrected chi connectivity index (χ4v) is 3.87. The summed E-state index contributed by atoms with van der Waals surface area (Å²) in [5.41, 5.74) is 10.8. The van der Waals surface area contributed by atoms with E-state index < -0.39 is 17.9 Å². The fraction of sp³-hybridized carbons (Fsp3) is 0.125. The zero-order valence-electron chi connectivity index (χ0n) is 15.6. The molecule has 142 valence electrons. The SMILES string of the molecule is N#Cc1ccc(C[C@H](NC(=O)C2c3ccccc3-c3ccccc32)C(N)=O)cc1. The van der Waals surface area contributed by atoms with Gasteiger partial charge >= 0.3 is 0 Å². The van der Waals surface area contributed by atoms with Crippen LogP contribution < -0.4 is 11.1 Å². The van der Waals surface area contributed by atoms with E-state index in [1.807, 2.05) is 48.5 Å². The quantitative estimate of drug-likeness (QED) is 0.711. The van der Waals surface area contributed by atoms with E-state index in [9.17, 15) is 9.59 Å². The first-order valence-corrected chi connectivity index (χ1v) is 9.35. The van der Waals surface area contributed by atoms with Crippen molar-refractivity contribution in [2.45, 2.75) is 18.4 Å². The molecular weight excluding hydrogens is 362 g/mol. The summed E-state index contributed by atoms with van der Waals surface area (Å²) in [6.45, 7) is 0. The Labute approximate surface area is 168 Å². The Kier molecular flexibility index (Phi) is 4.84. The molecule has 0 radical (unpaired) electrons. The van der Waals surface area contributed by atoms with Crippen molar-refractivity contribution >= 4 is 11.8 Å². The molecule has 1 atom stereocenters. The van der Waals surface area contributed by atoms with Crippen molar-refractivity contribution in [3.05, 3.63) is 95.1 Å². The minimum atomic E-state index is -0.838. The molecule has 0 fully saturated rings. The number of carbonyl (C=O) groups excluding carboxylic acids is 2. The van der Waals surface area contributed by atoms with Gasteiger partial charge in [-0.05, 0) is 39.9 Å². The molecule has 0 aromatic heterocycles. The van der Waals surface area contributed by atoms with Crippen LogP contribution in [0.1, 0.15) is 28.2 Å². The molecule has 3 N–H and O–H groups in total. The average Bonchev–Trinajstić information content (AvgIpc) is 3.08. The van der Waals surface area contributed by atoms with E-state index in [4.69, 9.17) is 11.0 Å². The van der Waals surface area contributed by atoms with Gasteiger partial charge in [0.25, 0.3) is 0 Å². The van der Waals surface area contributed by atoms with E-state index in [0.29, 0.717) is 5.56 Å². The zero-order chi connectivity index (χ0) is 20.4. The largest absolute Gasteiger partial charge is 0.368 e. The molecule has 5 heteroatoms. The molecule has 1 aliphatic rings. The van der Waals surface area contributed by atoms with E-state index in [1.165, 1.54) is 0 Å². The van der Waals surface area contributed by atoms with Crippen LogP contribution in [0.4, 0.5) is 0 Å². The van der Waals surface area contributed by atoms with Crippen LogP contribution in [0.15, 0.2) is 72.8 Å². The minimum absolute atomic E-state index is 0.250. The number of nitrogens with two attached hydrogens (primary N) is 1. The van der Waals surface area contributed by atoms with Gasteiger partial charge in [-0.2, -0.15) is 5.26 Å². The van der Waals surface area contributed by atoms with Crippen LogP contribution in [-0.4, -0.2) is 17.9 Å². The first-order chi connectivity index (χ1) is 14.1. The molecule has 1 aliphatic carbocycles. The van der Waals surface area contributed by atoms with Crippen LogP contribution in [0, 0.1) is 11.3 Å². The van der Waals surface area contributed by atoms with Gasteiger partial charge in [0.15, 0.2) is 0 Å². The summed E-state index contributed by atoms with van der Waals surface area (Å²) in [4.78, 5) is 25.2. The van der Waals surface area contributed by atoms with Crippen molar-refractivity contribution in [1.82, 2.24) is 5.32 Å². The predicted octanol–water partition coefficient (Wildman–Crippen LogP) is 2.88. The van der Waals surface area contributed by atoms with E-state index in [-0.39, 0.29) is 12.3 Å². The second-order valence-electron chi connectivity index (χ2n) is 7.08. The molecule has 4 rings (SSSR count). The molecule has 3 aromatic rings. The number of rotatable bonds is 5. The number of hydrogen-bond acceptors (Lipinski definition) is 3. The lowest BCUT2D eigenvalue weighted by molar-refractivity contribution is -0.127. The summed E-state index contributed by atoms with van der Waals surface area (Å²) in [5.74, 6) is -1.33. The Bertz CT molecular complexity index is 1080. The number of carbonyl (C=O) groups is 2. The number of primary amides is 1. The molecule has 3 aromatic carbocycles. The molecule has 29 heavy (non-hydrogen) atoms. The summed E-state index contributed by atoms with van der Waals surface area (Å²) >= 11 is 0. The monoisotopic (exact) mass is 381 g/mol. The van der Waals surface area contributed by atoms with Crippen molar-refractivity contribution in [2.75, 3.05) is 0 Å². The van der Waals surface area contributed by atoms with E-state index >= 15 is 0 Å². The highest BCUT2D eigenvalue weighted by Gasteiger charge is 2.34. The molecule has 2 amide bonds. The molecule has 5 nitrogen and oxygen atoms in total. The number of benzene rings is 3. The third kappa shape index (κ3) is 3.48. The third-order valence-corrected chi connectivity index (χ3v) is 5.28. The highest BCUT2D eigenvalue weighted by molar-refractivity contribution is 5.98. The van der Waals surface area contributed by atoms with Crippen LogP contribution >= 0.6 is 0 Å². The van der Waals surface area contributed by atoms with E-state index in [1.54, 1.807) is 24.3 Å². The predicted molar refractivity (Wildman–Crippen MR) is 110 cm³/mol. The van der Waals surface area contributed by atoms with Crippen LogP contribution in [0.2, 0.25) is 0 Å². The summed E-state index contributed by atoms with van der Waals surface area (Å²) in [7, 11) is 0. The van der Waals surface area contributed by atoms with Gasteiger partial charge in [0.05, 0.1) is 17.6 Å². The van der Waals surface area contributed by atoms with Gasteiger partial charge in [-0.15, -0.1) is 0 Å². The van der Waals surface area contributed by atoms with Gasteiger partial charge in [-0.25, -0.2) is 0 Å². The highest BCUT2D eigenvalue weighted by atomic mass is 16.2. The average molecular weight is 381 g/mol. The molecular formula is C24H19N3O2. The maximum atomic E-state index is 13.2. The Hall–Kier alpha value is -3.91. The molecule has 0 heterocycles. The van der Waals surface area contributed by atoms with Crippen molar-refractivity contribution in [2.24, 2.45) is 5.73 Å². The van der Waals surface area contributed by atoms with Crippen LogP contribution in [0.5, 0.6) is 0 Å². The van der Waals surface area contributed by atoms with Crippen LogP contribution in [-0.2, 0) is 16.0 Å². The Morgan fingerprint density at radius 1 is 0.931 bits per heavy atom. The second kappa shape index (κ2) is 7.61. The molecule has 0 spiro atoms. The van der Waals surface area contributed by atoms with Crippen molar-refractivity contribution in [1.29, 1.82) is 5.26 Å². The van der Waals surface area contributed by atoms with Gasteiger partial charge in [0.1, 0.15) is 6.04 Å². The molecule has 0 bridgehead atoms. The summed E-state index contributed by atoms with van der Waals surface area (Å²) in [6.07, 6.45) is 0.267. The number of fused-ring (bicyclic) bond motifs is 3. The van der Waals surface area contributed by atoms with Crippen molar-refractivity contribution in [3.63, 3.8) is 0 Å². The Morgan fingerprint density at radius 3 is 2.00 bits per heavy atom. The highest BCUT2D eigenvalue weighted by Crippen LogP contribution is 2.44. The van der Waals surface area contributed by atoms with Crippen molar-refractivity contribution in [3.8, 4) is 17.2 Å². The van der Waals surface area contributed by atoms with Crippen molar-refractivity contribution < 1.29 is 9.59 Å². The Balaban J connectivity index is 1.60. The zero-order valence-corrected chi connectivity index (χ0v) is 15.6. The lowest BCUT2D eigenvalue weighted by Crippen LogP contribution is -2.47. The third-order valence-electron chi connectivity index (χ3n) is 5.28. The fourth-order valence-electron chi connectivity index (χ4n) is 3.87. The van der Waals surface area contributed by atoms with Crippen LogP contribution in [0.3, 0.4) is 0 Å². The van der Waals surface area contributed by atoms with Gasteiger partial charge in [0, 0.05) is 6.42 Å². The van der Waals surface area contributed by atoms with Crippen LogP contribution in [0.25, 0.3) is 11.1 Å². The summed E-state index contributed by atoms with van der Waals surface area (Å²) < 4.78 is 0. The Morgan fingerprint density at radius 2 is 1.48 bits per heavy atom. The van der Waals surface area contributed by atoms with E-state index in [2.05, 4.69) is 11.4 Å². The number of nitrogens with one attached hydrogen (secondary N) is 1. The smallest absolute Gasteiger partial charge is 0.240 e. The lowest BCUT2D eigenvalue weighted by Gasteiger charge is -2.20. The number of hydrogen-bond donors (Lipinski definition) is 2. The molecule has 0 aliphatic heterocycles. The number of nitriles is 1. The maximum absolute atomic E-state index is 13.2. The standard InChI is InChI=1S/C24H19N3O2/c25-14-16-11-9-15(10-12-16)13-21(23(26)28)27-24(29)22-19-7-3-1-5-17(19)18-6-2-4-8-20(18)22/h1-12,21-22H,13H2,(H2,26,28)(H,27,29)/t21-/m0/s1. The molecule has 0 unspecified atom stereocenters. The summed E-state index contributed by atoms with van der Waals surface area (Å²) in [5, 5.41) is 11.8. The lowest BCUT2D eigenvalue weighted by atomic mass is 9.95. The molecule has 0 saturated carbocycles. The van der Waals surface area contributed by atoms with E-state index in [0.717, 1.165) is 27.8 Å². The maximum Gasteiger partial charge on any atom is 0.240 e. The van der Waals surface area contributed by atoms with Gasteiger partial charge in [0.2, 0.25) is 11.8 Å². The van der Waals surface area contributed by atoms with Gasteiger partial charge in [-0.3, -0.25) is 9.59 Å². The van der Waals surface area contributed by atoms with Gasteiger partial charge in [-0.1, -0.05) is 60.7 Å². The minimum Gasteiger partial charge on any atom is -0.368 e. The topological polar surface area (TPSA) is 96.0 Å². The van der Waals surface area contributed by atoms with Gasteiger partial charge < -0.3 is 11.1 Å².